The van der Waals surface area contributed by atoms with Crippen LogP contribution in [0, 0.1) is 17.2 Å². The molecule has 0 aromatic heterocycles. The van der Waals surface area contributed by atoms with Crippen LogP contribution in [0.25, 0.3) is 0 Å². The van der Waals surface area contributed by atoms with Crippen molar-refractivity contribution in [2.45, 2.75) is 13.3 Å². The molecule has 19 heavy (non-hydrogen) atoms. The van der Waals surface area contributed by atoms with Gasteiger partial charge < -0.3 is 9.47 Å². The summed E-state index contributed by atoms with van der Waals surface area (Å²) in [6.07, 6.45) is 2.30. The molecule has 0 aromatic rings. The number of hydrogen-bond donors (Lipinski definition) is 0. The Labute approximate surface area is 114 Å². The van der Waals surface area contributed by atoms with E-state index in [0.717, 1.165) is 39.3 Å². The van der Waals surface area contributed by atoms with E-state index in [0.29, 0.717) is 6.54 Å². The maximum absolute atomic E-state index is 11.3. The second-order valence-electron chi connectivity index (χ2n) is 4.22. The van der Waals surface area contributed by atoms with E-state index < -0.39 is 11.9 Å². The van der Waals surface area contributed by atoms with Crippen LogP contribution in [0.2, 0.25) is 0 Å². The molecule has 0 aromatic carbocycles. The number of carbonyl (C=O) groups is 1. The molecular formula is C13H21N3O3. The first kappa shape index (κ1) is 15.6. The highest BCUT2D eigenvalue weighted by molar-refractivity contribution is 5.92. The Morgan fingerprint density at radius 1 is 1.58 bits per heavy atom. The highest BCUT2D eigenvalue weighted by atomic mass is 16.5. The van der Waals surface area contributed by atoms with Crippen LogP contribution >= 0.6 is 0 Å². The summed E-state index contributed by atoms with van der Waals surface area (Å²) >= 11 is 0. The maximum Gasteiger partial charge on any atom is 0.328 e. The largest absolute Gasteiger partial charge is 0.465 e. The van der Waals surface area contributed by atoms with Crippen molar-refractivity contribution in [3.63, 3.8) is 0 Å². The van der Waals surface area contributed by atoms with Crippen molar-refractivity contribution < 1.29 is 14.3 Å². The molecule has 1 heterocycles. The fourth-order valence-electron chi connectivity index (χ4n) is 1.77. The Morgan fingerprint density at radius 3 is 2.95 bits per heavy atom. The quantitative estimate of drug-likeness (QED) is 0.381. The summed E-state index contributed by atoms with van der Waals surface area (Å²) in [6.45, 7) is 7.10. The van der Waals surface area contributed by atoms with Gasteiger partial charge in [0.05, 0.1) is 25.9 Å². The van der Waals surface area contributed by atoms with Gasteiger partial charge in [-0.15, -0.1) is 0 Å². The van der Waals surface area contributed by atoms with Crippen molar-refractivity contribution >= 4 is 12.2 Å². The zero-order chi connectivity index (χ0) is 13.9. The van der Waals surface area contributed by atoms with Crippen LogP contribution in [0.15, 0.2) is 4.99 Å². The second kappa shape index (κ2) is 9.48. The second-order valence-corrected chi connectivity index (χ2v) is 4.22. The molecule has 106 valence electrons. The first-order valence-corrected chi connectivity index (χ1v) is 6.64. The van der Waals surface area contributed by atoms with Crippen molar-refractivity contribution in [1.29, 1.82) is 5.26 Å². The van der Waals surface area contributed by atoms with Crippen LogP contribution in [0.4, 0.5) is 0 Å². The van der Waals surface area contributed by atoms with Gasteiger partial charge in [-0.3, -0.25) is 14.7 Å². The zero-order valence-electron chi connectivity index (χ0n) is 11.4. The average Bonchev–Trinajstić information content (AvgIpc) is 2.44. The summed E-state index contributed by atoms with van der Waals surface area (Å²) in [5.74, 6) is -1.41. The number of nitrogens with zero attached hydrogens (tertiary/aromatic N) is 3. The average molecular weight is 267 g/mol. The molecule has 0 bridgehead atoms. The molecule has 0 aliphatic carbocycles. The molecule has 1 atom stereocenters. The van der Waals surface area contributed by atoms with Gasteiger partial charge in [0, 0.05) is 32.4 Å². The molecule has 1 fully saturated rings. The lowest BCUT2D eigenvalue weighted by Gasteiger charge is -2.26. The summed E-state index contributed by atoms with van der Waals surface area (Å²) in [6, 6.07) is 1.88. The lowest BCUT2D eigenvalue weighted by Crippen LogP contribution is -2.37. The van der Waals surface area contributed by atoms with Gasteiger partial charge in [-0.25, -0.2) is 0 Å². The Balaban J connectivity index is 2.17. The molecule has 6 heteroatoms. The van der Waals surface area contributed by atoms with E-state index in [1.807, 2.05) is 6.07 Å². The van der Waals surface area contributed by atoms with Crippen molar-refractivity contribution in [3.8, 4) is 6.07 Å². The summed E-state index contributed by atoms with van der Waals surface area (Å²) in [7, 11) is 0. The van der Waals surface area contributed by atoms with Gasteiger partial charge in [-0.1, -0.05) is 0 Å². The lowest BCUT2D eigenvalue weighted by atomic mass is 10.2. The van der Waals surface area contributed by atoms with Crippen LogP contribution in [0.3, 0.4) is 0 Å². The van der Waals surface area contributed by atoms with E-state index >= 15 is 0 Å². The normalized spacial score (nSPS) is 18.1. The molecule has 0 spiro atoms. The molecule has 1 aliphatic heterocycles. The number of morpholine rings is 1. The number of aliphatic imine (C=N–C) groups is 1. The van der Waals surface area contributed by atoms with Gasteiger partial charge in [0.1, 0.15) is 0 Å². The van der Waals surface area contributed by atoms with E-state index in [-0.39, 0.29) is 6.61 Å². The number of hydrogen-bond acceptors (Lipinski definition) is 6. The highest BCUT2D eigenvalue weighted by Gasteiger charge is 2.16. The number of carbonyl (C=O) groups excluding carboxylic acids is 1. The first-order chi connectivity index (χ1) is 9.27. The predicted molar refractivity (Wildman–Crippen MR) is 71.0 cm³/mol. The topological polar surface area (TPSA) is 74.9 Å². The molecule has 0 unspecified atom stereocenters. The Bertz CT molecular complexity index is 333. The Kier molecular flexibility index (Phi) is 7.78. The number of rotatable bonds is 7. The van der Waals surface area contributed by atoms with Crippen molar-refractivity contribution in [1.82, 2.24) is 4.90 Å². The van der Waals surface area contributed by atoms with Gasteiger partial charge in [0.15, 0.2) is 5.92 Å². The minimum Gasteiger partial charge on any atom is -0.465 e. The molecule has 0 N–H and O–H groups in total. The molecule has 1 saturated heterocycles. The zero-order valence-corrected chi connectivity index (χ0v) is 11.4. The van der Waals surface area contributed by atoms with Crippen LogP contribution < -0.4 is 0 Å². The fourth-order valence-corrected chi connectivity index (χ4v) is 1.77. The van der Waals surface area contributed by atoms with Crippen LogP contribution in [-0.4, -0.2) is 63.1 Å². The van der Waals surface area contributed by atoms with Gasteiger partial charge in [-0.2, -0.15) is 5.26 Å². The molecule has 1 rings (SSSR count). The van der Waals surface area contributed by atoms with E-state index in [9.17, 15) is 4.79 Å². The third-order valence-electron chi connectivity index (χ3n) is 2.80. The van der Waals surface area contributed by atoms with Gasteiger partial charge in [0.2, 0.25) is 0 Å². The standard InChI is InChI=1S/C13H21N3O3/c1-2-19-13(17)12(10-14)11-15-4-3-5-16-6-8-18-9-7-16/h11-12H,2-9H2,1H3/t12-/m1/s1. The third-order valence-corrected chi connectivity index (χ3v) is 2.80. The van der Waals surface area contributed by atoms with Crippen LogP contribution in [-0.2, 0) is 14.3 Å². The van der Waals surface area contributed by atoms with Gasteiger partial charge in [-0.05, 0) is 13.3 Å². The molecule has 1 aliphatic rings. The molecular weight excluding hydrogens is 246 g/mol. The van der Waals surface area contributed by atoms with Crippen LogP contribution in [0.5, 0.6) is 0 Å². The molecule has 0 saturated carbocycles. The first-order valence-electron chi connectivity index (χ1n) is 6.64. The Morgan fingerprint density at radius 2 is 2.32 bits per heavy atom. The van der Waals surface area contributed by atoms with E-state index in [1.54, 1.807) is 6.92 Å². The summed E-state index contributed by atoms with van der Waals surface area (Å²) in [4.78, 5) is 17.8. The van der Waals surface area contributed by atoms with Crippen molar-refractivity contribution in [2.24, 2.45) is 10.9 Å². The summed E-state index contributed by atoms with van der Waals surface area (Å²) in [5, 5.41) is 8.82. The number of ether oxygens (including phenoxy) is 2. The third kappa shape index (κ3) is 6.32. The van der Waals surface area contributed by atoms with Gasteiger partial charge in [0.25, 0.3) is 0 Å². The minimum absolute atomic E-state index is 0.280. The van der Waals surface area contributed by atoms with Crippen molar-refractivity contribution in [3.05, 3.63) is 0 Å². The van der Waals surface area contributed by atoms with Crippen molar-refractivity contribution in [2.75, 3.05) is 46.0 Å². The fraction of sp³-hybridized carbons (Fsp3) is 0.769. The summed E-state index contributed by atoms with van der Waals surface area (Å²) in [5.41, 5.74) is 0. The minimum atomic E-state index is -0.886. The Hall–Kier alpha value is -1.45. The predicted octanol–water partition coefficient (Wildman–Crippen LogP) is 0.482. The number of nitriles is 1. The van der Waals surface area contributed by atoms with E-state index in [4.69, 9.17) is 14.7 Å². The number of esters is 1. The van der Waals surface area contributed by atoms with E-state index in [2.05, 4.69) is 9.89 Å². The van der Waals surface area contributed by atoms with Gasteiger partial charge >= 0.3 is 5.97 Å². The monoisotopic (exact) mass is 267 g/mol. The molecule has 0 radical (unpaired) electrons. The highest BCUT2D eigenvalue weighted by Crippen LogP contribution is 1.99. The molecule has 6 nitrogen and oxygen atoms in total. The SMILES string of the molecule is CCOC(=O)[C@H](C#N)C=NCCCN1CCOCC1. The summed E-state index contributed by atoms with van der Waals surface area (Å²) < 4.78 is 10.0. The lowest BCUT2D eigenvalue weighted by molar-refractivity contribution is -0.143. The van der Waals surface area contributed by atoms with Crippen LogP contribution in [0.1, 0.15) is 13.3 Å². The van der Waals surface area contributed by atoms with E-state index in [1.165, 1.54) is 6.21 Å². The molecule has 0 amide bonds. The smallest absolute Gasteiger partial charge is 0.328 e. The maximum atomic E-state index is 11.3.